The number of thioether (sulfide) groups is 1. The molecule has 0 unspecified atom stereocenters. The van der Waals surface area contributed by atoms with Gasteiger partial charge in [-0.15, -0.1) is 0 Å². The smallest absolute Gasteiger partial charge is 0.0644 e. The first-order chi connectivity index (χ1) is 5.84. The van der Waals surface area contributed by atoms with Gasteiger partial charge in [0, 0.05) is 28.7 Å². The van der Waals surface area contributed by atoms with E-state index in [2.05, 4.69) is 20.9 Å². The van der Waals surface area contributed by atoms with Gasteiger partial charge in [0.25, 0.3) is 0 Å². The maximum absolute atomic E-state index is 5.38. The van der Waals surface area contributed by atoms with Gasteiger partial charge in [0.15, 0.2) is 0 Å². The van der Waals surface area contributed by atoms with E-state index in [9.17, 15) is 0 Å². The Bertz CT molecular complexity index is 242. The van der Waals surface area contributed by atoms with Gasteiger partial charge in [0.05, 0.1) is 5.69 Å². The molecule has 0 fully saturated rings. The quantitative estimate of drug-likeness (QED) is 0.827. The van der Waals surface area contributed by atoms with Gasteiger partial charge in [0.2, 0.25) is 0 Å². The standard InChI is InChI=1S/C8H11BrN2S/c9-7-2-1-4-11-8(7)6-12-5-3-10/h1-2,4H,3,5-6,10H2. The van der Waals surface area contributed by atoms with E-state index in [4.69, 9.17) is 5.73 Å². The maximum Gasteiger partial charge on any atom is 0.0644 e. The average molecular weight is 247 g/mol. The van der Waals surface area contributed by atoms with Crippen molar-refractivity contribution in [1.82, 2.24) is 4.98 Å². The average Bonchev–Trinajstić information content (AvgIpc) is 2.09. The van der Waals surface area contributed by atoms with Crippen LogP contribution < -0.4 is 5.73 Å². The zero-order chi connectivity index (χ0) is 8.81. The van der Waals surface area contributed by atoms with Crippen molar-refractivity contribution in [2.75, 3.05) is 12.3 Å². The Labute approximate surface area is 85.1 Å². The summed E-state index contributed by atoms with van der Waals surface area (Å²) in [6.45, 7) is 0.731. The predicted molar refractivity (Wildman–Crippen MR) is 57.2 cm³/mol. The van der Waals surface area contributed by atoms with Gasteiger partial charge in [-0.05, 0) is 28.1 Å². The summed E-state index contributed by atoms with van der Waals surface area (Å²) in [5, 5.41) is 0. The molecule has 0 amide bonds. The fraction of sp³-hybridized carbons (Fsp3) is 0.375. The van der Waals surface area contributed by atoms with Gasteiger partial charge >= 0.3 is 0 Å². The Balaban J connectivity index is 2.46. The normalized spacial score (nSPS) is 10.2. The fourth-order valence-corrected chi connectivity index (χ4v) is 2.09. The number of rotatable bonds is 4. The molecule has 0 aliphatic rings. The number of aromatic nitrogens is 1. The number of pyridine rings is 1. The van der Waals surface area contributed by atoms with Crippen LogP contribution in [0.25, 0.3) is 0 Å². The lowest BCUT2D eigenvalue weighted by atomic mass is 10.4. The highest BCUT2D eigenvalue weighted by molar-refractivity contribution is 9.10. The van der Waals surface area contributed by atoms with Gasteiger partial charge in [0.1, 0.15) is 0 Å². The molecule has 0 saturated heterocycles. The van der Waals surface area contributed by atoms with Crippen molar-refractivity contribution < 1.29 is 0 Å². The third-order valence-electron chi connectivity index (χ3n) is 1.34. The molecule has 0 atom stereocenters. The molecule has 0 spiro atoms. The first-order valence-corrected chi connectivity index (χ1v) is 5.66. The van der Waals surface area contributed by atoms with Crippen molar-refractivity contribution in [3.8, 4) is 0 Å². The molecular formula is C8H11BrN2S. The lowest BCUT2D eigenvalue weighted by Crippen LogP contribution is -2.01. The van der Waals surface area contributed by atoms with Crippen molar-refractivity contribution in [3.63, 3.8) is 0 Å². The number of nitrogens with zero attached hydrogens (tertiary/aromatic N) is 1. The highest BCUT2D eigenvalue weighted by Gasteiger charge is 1.98. The SMILES string of the molecule is NCCSCc1ncccc1Br. The second-order valence-electron chi connectivity index (χ2n) is 2.27. The van der Waals surface area contributed by atoms with E-state index in [1.807, 2.05) is 18.3 Å². The molecule has 2 nitrogen and oxygen atoms in total. The third kappa shape index (κ3) is 3.13. The molecule has 2 N–H and O–H groups in total. The molecule has 1 aromatic rings. The van der Waals surface area contributed by atoms with Crippen LogP contribution in [0.1, 0.15) is 5.69 Å². The summed E-state index contributed by atoms with van der Waals surface area (Å²) in [4.78, 5) is 4.24. The van der Waals surface area contributed by atoms with Gasteiger partial charge in [-0.3, -0.25) is 4.98 Å². The summed E-state index contributed by atoms with van der Waals surface area (Å²) < 4.78 is 1.08. The Hall–Kier alpha value is -0.0600. The number of nitrogens with two attached hydrogens (primary N) is 1. The van der Waals surface area contributed by atoms with E-state index in [1.165, 1.54) is 0 Å². The fourth-order valence-electron chi connectivity index (χ4n) is 0.777. The van der Waals surface area contributed by atoms with Crippen molar-refractivity contribution in [2.24, 2.45) is 5.73 Å². The van der Waals surface area contributed by atoms with Crippen LogP contribution in [-0.4, -0.2) is 17.3 Å². The molecule has 0 aliphatic carbocycles. The summed E-state index contributed by atoms with van der Waals surface area (Å²) in [6.07, 6.45) is 1.81. The van der Waals surface area contributed by atoms with Crippen LogP contribution in [0.5, 0.6) is 0 Å². The molecule has 0 bridgehead atoms. The highest BCUT2D eigenvalue weighted by Crippen LogP contribution is 2.18. The lowest BCUT2D eigenvalue weighted by molar-refractivity contribution is 1.13. The van der Waals surface area contributed by atoms with Crippen molar-refractivity contribution in [3.05, 3.63) is 28.5 Å². The topological polar surface area (TPSA) is 38.9 Å². The van der Waals surface area contributed by atoms with E-state index in [0.717, 1.165) is 28.2 Å². The first kappa shape index (κ1) is 10.0. The monoisotopic (exact) mass is 246 g/mol. The molecule has 0 aliphatic heterocycles. The van der Waals surface area contributed by atoms with E-state index in [0.29, 0.717) is 0 Å². The number of hydrogen-bond acceptors (Lipinski definition) is 3. The van der Waals surface area contributed by atoms with Crippen LogP contribution in [0.15, 0.2) is 22.8 Å². The minimum absolute atomic E-state index is 0.731. The molecule has 4 heteroatoms. The second-order valence-corrected chi connectivity index (χ2v) is 4.23. The van der Waals surface area contributed by atoms with Gasteiger partial charge in [-0.25, -0.2) is 0 Å². The van der Waals surface area contributed by atoms with E-state index < -0.39 is 0 Å². The summed E-state index contributed by atoms with van der Waals surface area (Å²) in [5.74, 6) is 1.92. The van der Waals surface area contributed by atoms with Crippen molar-refractivity contribution in [2.45, 2.75) is 5.75 Å². The third-order valence-corrected chi connectivity index (χ3v) is 3.06. The first-order valence-electron chi connectivity index (χ1n) is 3.72. The van der Waals surface area contributed by atoms with Crippen molar-refractivity contribution >= 4 is 27.7 Å². The molecule has 0 saturated carbocycles. The summed E-state index contributed by atoms with van der Waals surface area (Å²) in [5.41, 5.74) is 6.47. The molecule has 66 valence electrons. The van der Waals surface area contributed by atoms with E-state index >= 15 is 0 Å². The highest BCUT2D eigenvalue weighted by atomic mass is 79.9. The summed E-state index contributed by atoms with van der Waals surface area (Å²) >= 11 is 5.24. The predicted octanol–water partition coefficient (Wildman–Crippen LogP) is 2.04. The maximum atomic E-state index is 5.38. The zero-order valence-electron chi connectivity index (χ0n) is 6.66. The van der Waals surface area contributed by atoms with Crippen LogP contribution in [-0.2, 0) is 5.75 Å². The van der Waals surface area contributed by atoms with Crippen molar-refractivity contribution in [1.29, 1.82) is 0 Å². The van der Waals surface area contributed by atoms with Crippen LogP contribution in [0.2, 0.25) is 0 Å². The molecule has 1 aromatic heterocycles. The number of halogens is 1. The minimum atomic E-state index is 0.731. The Kier molecular flexibility index (Phi) is 4.65. The van der Waals surface area contributed by atoms with Gasteiger partial charge in [-0.2, -0.15) is 11.8 Å². The van der Waals surface area contributed by atoms with Crippen LogP contribution >= 0.6 is 27.7 Å². The Morgan fingerprint density at radius 2 is 2.42 bits per heavy atom. The molecule has 1 rings (SSSR count). The van der Waals surface area contributed by atoms with Gasteiger partial charge < -0.3 is 5.73 Å². The molecule has 1 heterocycles. The molecule has 0 aromatic carbocycles. The van der Waals surface area contributed by atoms with Gasteiger partial charge in [-0.1, -0.05) is 0 Å². The van der Waals surface area contributed by atoms with Crippen LogP contribution in [0.3, 0.4) is 0 Å². The Morgan fingerprint density at radius 3 is 3.08 bits per heavy atom. The summed E-state index contributed by atoms with van der Waals surface area (Å²) in [7, 11) is 0. The second kappa shape index (κ2) is 5.56. The van der Waals surface area contributed by atoms with E-state index in [1.54, 1.807) is 11.8 Å². The van der Waals surface area contributed by atoms with Crippen LogP contribution in [0.4, 0.5) is 0 Å². The Morgan fingerprint density at radius 1 is 1.58 bits per heavy atom. The minimum Gasteiger partial charge on any atom is -0.330 e. The van der Waals surface area contributed by atoms with E-state index in [-0.39, 0.29) is 0 Å². The van der Waals surface area contributed by atoms with Crippen LogP contribution in [0, 0.1) is 0 Å². The lowest BCUT2D eigenvalue weighted by Gasteiger charge is -2.01. The molecule has 12 heavy (non-hydrogen) atoms. The largest absolute Gasteiger partial charge is 0.330 e. The molecule has 0 radical (unpaired) electrons. The summed E-state index contributed by atoms with van der Waals surface area (Å²) in [6, 6.07) is 3.92. The zero-order valence-corrected chi connectivity index (χ0v) is 9.07. The number of hydrogen-bond donors (Lipinski definition) is 1. The molecular weight excluding hydrogens is 236 g/mol.